The number of rotatable bonds is 7. The van der Waals surface area contributed by atoms with Crippen LogP contribution in [0.5, 0.6) is 0 Å². The summed E-state index contributed by atoms with van der Waals surface area (Å²) >= 11 is 7.41. The molecular formula is C24H26ClN3O3S. The molecule has 1 aromatic heterocycles. The molecule has 2 heterocycles. The van der Waals surface area contributed by atoms with Crippen molar-refractivity contribution < 1.29 is 9.53 Å². The minimum Gasteiger partial charge on any atom is -0.376 e. The summed E-state index contributed by atoms with van der Waals surface area (Å²) in [5.74, 6) is -0.115. The second-order valence-electron chi connectivity index (χ2n) is 8.01. The Hall–Kier alpha value is -2.35. The number of hydrogen-bond acceptors (Lipinski definition) is 5. The first-order valence-corrected chi connectivity index (χ1v) is 12.0. The third-order valence-electron chi connectivity index (χ3n) is 5.60. The number of nitrogens with one attached hydrogen (secondary N) is 1. The molecule has 2 aromatic carbocycles. The molecule has 1 amide bonds. The van der Waals surface area contributed by atoms with E-state index < -0.39 is 5.25 Å². The summed E-state index contributed by atoms with van der Waals surface area (Å²) < 4.78 is 7.40. The monoisotopic (exact) mass is 471 g/mol. The maximum atomic E-state index is 13.3. The second kappa shape index (κ2) is 10.1. The summed E-state index contributed by atoms with van der Waals surface area (Å²) in [7, 11) is 0. The van der Waals surface area contributed by atoms with E-state index in [9.17, 15) is 9.59 Å². The largest absolute Gasteiger partial charge is 0.376 e. The zero-order valence-electron chi connectivity index (χ0n) is 18.1. The van der Waals surface area contributed by atoms with Crippen molar-refractivity contribution in [3.8, 4) is 0 Å². The first kappa shape index (κ1) is 22.8. The number of amides is 1. The minimum atomic E-state index is -0.444. The van der Waals surface area contributed by atoms with Crippen LogP contribution < -0.4 is 10.9 Å². The van der Waals surface area contributed by atoms with Gasteiger partial charge in [-0.2, -0.15) is 0 Å². The van der Waals surface area contributed by atoms with Crippen LogP contribution in [0.25, 0.3) is 10.9 Å². The molecule has 3 aromatic rings. The molecule has 1 fully saturated rings. The highest BCUT2D eigenvalue weighted by Gasteiger charge is 2.24. The molecule has 6 nitrogen and oxygen atoms in total. The van der Waals surface area contributed by atoms with Gasteiger partial charge in [-0.05, 0) is 50.5 Å². The van der Waals surface area contributed by atoms with Gasteiger partial charge in [-0.15, -0.1) is 0 Å². The van der Waals surface area contributed by atoms with Crippen LogP contribution in [-0.4, -0.2) is 33.4 Å². The van der Waals surface area contributed by atoms with Crippen LogP contribution in [0.3, 0.4) is 0 Å². The molecule has 8 heteroatoms. The number of hydrogen-bond donors (Lipinski definition) is 1. The Labute approximate surface area is 196 Å². The number of carbonyl (C=O) groups excluding carboxylic acids is 1. The summed E-state index contributed by atoms with van der Waals surface area (Å²) in [6.45, 7) is 4.90. The molecule has 168 valence electrons. The normalized spacial score (nSPS) is 17.9. The third-order valence-corrected chi connectivity index (χ3v) is 6.93. The van der Waals surface area contributed by atoms with Crippen LogP contribution in [0.4, 0.5) is 0 Å². The zero-order chi connectivity index (χ0) is 22.7. The number of halogens is 1. The Bertz CT molecular complexity index is 1160. The molecule has 1 aliphatic heterocycles. The van der Waals surface area contributed by atoms with Crippen molar-refractivity contribution in [2.75, 3.05) is 6.61 Å². The Morgan fingerprint density at radius 3 is 2.78 bits per heavy atom. The van der Waals surface area contributed by atoms with Crippen molar-refractivity contribution in [1.29, 1.82) is 0 Å². The fourth-order valence-electron chi connectivity index (χ4n) is 3.78. The molecule has 0 saturated carbocycles. The SMILES string of the molecule is C[C@H](Sc1nc2cc(Cl)ccc2c(=O)n1C[C@@H]1CCCO1)C(=O)N[C@@H](C)c1ccccc1. The molecule has 1 aliphatic rings. The van der Waals surface area contributed by atoms with Gasteiger partial charge in [0.15, 0.2) is 5.16 Å². The lowest BCUT2D eigenvalue weighted by Gasteiger charge is -2.20. The van der Waals surface area contributed by atoms with Gasteiger partial charge in [-0.3, -0.25) is 14.2 Å². The molecule has 1 N–H and O–H groups in total. The Morgan fingerprint density at radius 1 is 1.28 bits per heavy atom. The van der Waals surface area contributed by atoms with E-state index in [0.717, 1.165) is 18.4 Å². The summed E-state index contributed by atoms with van der Waals surface area (Å²) in [5.41, 5.74) is 1.42. The highest BCUT2D eigenvalue weighted by Crippen LogP contribution is 2.26. The fraction of sp³-hybridized carbons (Fsp3) is 0.375. The maximum absolute atomic E-state index is 13.3. The summed E-state index contributed by atoms with van der Waals surface area (Å²) in [5, 5.41) is 4.12. The fourth-order valence-corrected chi connectivity index (χ4v) is 4.88. The van der Waals surface area contributed by atoms with Gasteiger partial charge in [0.05, 0.1) is 34.8 Å². The van der Waals surface area contributed by atoms with Gasteiger partial charge in [0.25, 0.3) is 5.56 Å². The maximum Gasteiger partial charge on any atom is 0.262 e. The molecule has 32 heavy (non-hydrogen) atoms. The van der Waals surface area contributed by atoms with Crippen molar-refractivity contribution in [3.05, 3.63) is 69.5 Å². The molecule has 0 radical (unpaired) electrons. The molecule has 0 bridgehead atoms. The van der Waals surface area contributed by atoms with Gasteiger partial charge in [0.2, 0.25) is 5.91 Å². The molecule has 1 saturated heterocycles. The van der Waals surface area contributed by atoms with Gasteiger partial charge in [0, 0.05) is 11.6 Å². The van der Waals surface area contributed by atoms with Crippen molar-refractivity contribution in [3.63, 3.8) is 0 Å². The Balaban J connectivity index is 1.59. The number of thioether (sulfide) groups is 1. The topological polar surface area (TPSA) is 73.2 Å². The van der Waals surface area contributed by atoms with E-state index in [4.69, 9.17) is 21.3 Å². The average Bonchev–Trinajstić information content (AvgIpc) is 3.30. The number of benzene rings is 2. The lowest BCUT2D eigenvalue weighted by Crippen LogP contribution is -2.34. The first-order chi connectivity index (χ1) is 15.4. The van der Waals surface area contributed by atoms with E-state index in [2.05, 4.69) is 5.32 Å². The third kappa shape index (κ3) is 5.17. The predicted molar refractivity (Wildman–Crippen MR) is 128 cm³/mol. The van der Waals surface area contributed by atoms with Crippen LogP contribution >= 0.6 is 23.4 Å². The van der Waals surface area contributed by atoms with E-state index in [-0.39, 0.29) is 23.6 Å². The number of aromatic nitrogens is 2. The van der Waals surface area contributed by atoms with E-state index in [1.54, 1.807) is 22.8 Å². The molecule has 0 spiro atoms. The van der Waals surface area contributed by atoms with Crippen molar-refractivity contribution >= 4 is 40.2 Å². The summed E-state index contributed by atoms with van der Waals surface area (Å²) in [6.07, 6.45) is 1.86. The van der Waals surface area contributed by atoms with Crippen LogP contribution in [0.15, 0.2) is 58.5 Å². The summed E-state index contributed by atoms with van der Waals surface area (Å²) in [4.78, 5) is 30.9. The second-order valence-corrected chi connectivity index (χ2v) is 9.75. The number of carbonyl (C=O) groups is 1. The first-order valence-electron chi connectivity index (χ1n) is 10.8. The van der Waals surface area contributed by atoms with Gasteiger partial charge < -0.3 is 10.1 Å². The van der Waals surface area contributed by atoms with E-state index in [1.807, 2.05) is 44.2 Å². The van der Waals surface area contributed by atoms with E-state index >= 15 is 0 Å². The van der Waals surface area contributed by atoms with E-state index in [0.29, 0.717) is 34.2 Å². The molecule has 4 rings (SSSR count). The molecule has 3 atom stereocenters. The van der Waals surface area contributed by atoms with E-state index in [1.165, 1.54) is 11.8 Å². The zero-order valence-corrected chi connectivity index (χ0v) is 19.7. The van der Waals surface area contributed by atoms with Gasteiger partial charge >= 0.3 is 0 Å². The number of nitrogens with zero attached hydrogens (tertiary/aromatic N) is 2. The Morgan fingerprint density at radius 2 is 2.06 bits per heavy atom. The van der Waals surface area contributed by atoms with Crippen molar-refractivity contribution in [2.45, 2.75) is 55.8 Å². The van der Waals surface area contributed by atoms with Gasteiger partial charge in [-0.25, -0.2) is 4.98 Å². The number of ether oxygens (including phenoxy) is 1. The molecule has 0 unspecified atom stereocenters. The minimum absolute atomic E-state index is 0.0270. The lowest BCUT2D eigenvalue weighted by molar-refractivity contribution is -0.120. The van der Waals surface area contributed by atoms with Crippen LogP contribution in [0.1, 0.15) is 38.3 Å². The average molecular weight is 472 g/mol. The molecular weight excluding hydrogens is 446 g/mol. The lowest BCUT2D eigenvalue weighted by atomic mass is 10.1. The van der Waals surface area contributed by atoms with Crippen LogP contribution in [-0.2, 0) is 16.1 Å². The highest BCUT2D eigenvalue weighted by molar-refractivity contribution is 8.00. The van der Waals surface area contributed by atoms with Crippen LogP contribution in [0, 0.1) is 0 Å². The highest BCUT2D eigenvalue weighted by atomic mass is 35.5. The van der Waals surface area contributed by atoms with Crippen LogP contribution in [0.2, 0.25) is 5.02 Å². The predicted octanol–water partition coefficient (Wildman–Crippen LogP) is 4.59. The standard InChI is InChI=1S/C24H26ClN3O3S/c1-15(17-7-4-3-5-8-17)26-22(29)16(2)32-24-27-21-13-18(25)10-11-20(21)23(30)28(24)14-19-9-6-12-31-19/h3-5,7-8,10-11,13,15-16,19H,6,9,12,14H2,1-2H3,(H,26,29)/t15-,16-,19-/m0/s1. The van der Waals surface area contributed by atoms with Gasteiger partial charge in [0.1, 0.15) is 0 Å². The Kier molecular flexibility index (Phi) is 7.18. The van der Waals surface area contributed by atoms with Crippen molar-refractivity contribution in [1.82, 2.24) is 14.9 Å². The quantitative estimate of drug-likeness (QED) is 0.403. The van der Waals surface area contributed by atoms with Crippen molar-refractivity contribution in [2.24, 2.45) is 0 Å². The smallest absolute Gasteiger partial charge is 0.262 e. The molecule has 0 aliphatic carbocycles. The summed E-state index contributed by atoms with van der Waals surface area (Å²) in [6, 6.07) is 14.8. The number of fused-ring (bicyclic) bond motifs is 1. The van der Waals surface area contributed by atoms with Gasteiger partial charge in [-0.1, -0.05) is 53.7 Å².